The van der Waals surface area contributed by atoms with Gasteiger partial charge in [0.15, 0.2) is 11.1 Å². The second-order valence-electron chi connectivity index (χ2n) is 8.78. The second kappa shape index (κ2) is 12.7. The van der Waals surface area contributed by atoms with Crippen LogP contribution in [0.4, 0.5) is 4.39 Å². The molecule has 1 aliphatic heterocycles. The minimum Gasteiger partial charge on any atom is -0.463 e. The maximum absolute atomic E-state index is 14.1. The van der Waals surface area contributed by atoms with Crippen molar-refractivity contribution < 1.29 is 40.1 Å². The third-order valence-electron chi connectivity index (χ3n) is 5.32. The number of aromatic nitrogens is 2. The van der Waals surface area contributed by atoms with Gasteiger partial charge in [0.2, 0.25) is 5.82 Å². The Bertz CT molecular complexity index is 1500. The van der Waals surface area contributed by atoms with Crippen LogP contribution in [-0.4, -0.2) is 56.5 Å². The molecule has 0 saturated carbocycles. The van der Waals surface area contributed by atoms with Crippen LogP contribution in [0, 0.1) is 23.0 Å². The fourth-order valence-electron chi connectivity index (χ4n) is 3.51. The number of hydrogen-bond donors (Lipinski definition) is 2. The molecule has 2 aromatic rings. The lowest BCUT2D eigenvalue weighted by atomic mass is 9.99. The normalized spacial score (nSPS) is 26.0. The van der Waals surface area contributed by atoms with Gasteiger partial charge in [-0.05, 0) is 37.6 Å². The summed E-state index contributed by atoms with van der Waals surface area (Å²) in [6.07, 6.45) is -6.94. The summed E-state index contributed by atoms with van der Waals surface area (Å²) in [6.45, 7) is 1.38. The molecule has 3 rings (SSSR count). The number of hydrogen-bond acceptors (Lipinski definition) is 9. The molecule has 0 spiro atoms. The molecule has 0 radical (unpaired) electrons. The third-order valence-corrected chi connectivity index (χ3v) is 7.78. The van der Waals surface area contributed by atoms with E-state index < -0.39 is 78.7 Å². The van der Waals surface area contributed by atoms with Crippen molar-refractivity contribution in [3.8, 4) is 17.0 Å². The van der Waals surface area contributed by atoms with E-state index >= 15 is 0 Å². The number of carbonyl (C=O) groups excluding carboxylic acids is 1. The molecule has 2 heterocycles. The highest BCUT2D eigenvalue weighted by Gasteiger charge is 2.56. The summed E-state index contributed by atoms with van der Waals surface area (Å²) in [5.41, 5.74) is -2.58. The largest absolute Gasteiger partial charge is 0.463 e. The molecule has 15 heteroatoms. The number of alkyl halides is 1. The summed E-state index contributed by atoms with van der Waals surface area (Å²) in [7, 11) is -4.62. The first-order chi connectivity index (χ1) is 19.0. The van der Waals surface area contributed by atoms with Crippen LogP contribution in [0.1, 0.15) is 29.7 Å². The first-order valence-electron chi connectivity index (χ1n) is 12.4. The molecule has 6 atom stereocenters. The fourth-order valence-corrected chi connectivity index (χ4v) is 5.74. The van der Waals surface area contributed by atoms with Gasteiger partial charge in [0.25, 0.3) is 5.56 Å². The Morgan fingerprint density at radius 1 is 1.36 bits per heavy atom. The molecule has 1 aliphatic rings. The van der Waals surface area contributed by atoms with Gasteiger partial charge in [-0.3, -0.25) is 23.7 Å². The van der Waals surface area contributed by atoms with E-state index in [4.69, 9.17) is 44.5 Å². The van der Waals surface area contributed by atoms with Crippen LogP contribution in [0.3, 0.4) is 0 Å². The Hall–Kier alpha value is -2.65. The maximum atomic E-state index is 14.1. The van der Waals surface area contributed by atoms with Crippen molar-refractivity contribution >= 4 is 36.8 Å². The van der Waals surface area contributed by atoms with Crippen LogP contribution >= 0.6 is 30.8 Å². The van der Waals surface area contributed by atoms with Crippen LogP contribution in [0.2, 0.25) is 0 Å². The summed E-state index contributed by atoms with van der Waals surface area (Å²) < 4.78 is 67.2. The standard InChI is InChI=1S/C24H26Cl2FN2O9P/c1-14(2)36-21(32)15(3)13-39(34,38-16-7-5-4-6-8-16)35-12-18-19(30)24(26,9-10-25)22(37-18)29-11-17(27)20(31)28-23(29)33/h4-8,11,14-15,18-19,22,30H,12-13H2,1-3H3,(H,28,31,33)/t15-,18-,19+,22-,24?,39+/m1/s1/i12D2. The van der Waals surface area contributed by atoms with Crippen molar-refractivity contribution in [3.63, 3.8) is 0 Å². The van der Waals surface area contributed by atoms with Crippen LogP contribution < -0.4 is 15.8 Å². The van der Waals surface area contributed by atoms with Gasteiger partial charge >= 0.3 is 19.3 Å². The zero-order valence-electron chi connectivity index (χ0n) is 22.8. The minimum absolute atomic E-state index is 0.0109. The van der Waals surface area contributed by atoms with E-state index in [2.05, 4.69) is 5.92 Å². The van der Waals surface area contributed by atoms with E-state index in [9.17, 15) is 28.4 Å². The smallest absolute Gasteiger partial charge is 0.380 e. The molecule has 0 amide bonds. The molecule has 1 aromatic heterocycles. The number of aliphatic hydroxyl groups excluding tert-OH is 1. The van der Waals surface area contributed by atoms with Gasteiger partial charge in [-0.25, -0.2) is 9.36 Å². The number of rotatable bonds is 10. The first kappa shape index (κ1) is 27.9. The van der Waals surface area contributed by atoms with E-state index in [1.54, 1.807) is 37.0 Å². The molecule has 0 aliphatic carbocycles. The summed E-state index contributed by atoms with van der Waals surface area (Å²) in [4.78, 5) is 35.7. The lowest BCUT2D eigenvalue weighted by Gasteiger charge is -2.25. The molecular formula is C24H26Cl2FN2O9P. The molecule has 2 N–H and O–H groups in total. The zero-order valence-corrected chi connectivity index (χ0v) is 23.2. The van der Waals surface area contributed by atoms with Gasteiger partial charge in [-0.15, -0.1) is 0 Å². The lowest BCUT2D eigenvalue weighted by molar-refractivity contribution is -0.151. The number of para-hydroxylation sites is 1. The van der Waals surface area contributed by atoms with Crippen molar-refractivity contribution in [3.05, 3.63) is 63.2 Å². The van der Waals surface area contributed by atoms with Gasteiger partial charge in [0.1, 0.15) is 18.0 Å². The highest BCUT2D eigenvalue weighted by Crippen LogP contribution is 2.51. The average Bonchev–Trinajstić information content (AvgIpc) is 3.12. The van der Waals surface area contributed by atoms with Gasteiger partial charge in [0.05, 0.1) is 33.7 Å². The second-order valence-corrected chi connectivity index (χ2v) is 11.5. The quantitative estimate of drug-likeness (QED) is 0.180. The molecule has 39 heavy (non-hydrogen) atoms. The topological polar surface area (TPSA) is 146 Å². The predicted molar refractivity (Wildman–Crippen MR) is 139 cm³/mol. The van der Waals surface area contributed by atoms with E-state index in [1.807, 2.05) is 5.38 Å². The van der Waals surface area contributed by atoms with Crippen molar-refractivity contribution in [2.75, 3.05) is 12.7 Å². The Kier molecular flexibility index (Phi) is 9.07. The van der Waals surface area contributed by atoms with Crippen molar-refractivity contribution in [2.45, 2.75) is 50.2 Å². The Labute approximate surface area is 235 Å². The molecule has 212 valence electrons. The first-order valence-corrected chi connectivity index (χ1v) is 13.9. The van der Waals surface area contributed by atoms with E-state index in [-0.39, 0.29) is 5.75 Å². The number of halogens is 3. The molecule has 11 nitrogen and oxygen atoms in total. The molecule has 0 bridgehead atoms. The van der Waals surface area contributed by atoms with Crippen LogP contribution in [0.15, 0.2) is 46.1 Å². The number of aromatic amines is 1. The number of ether oxygens (including phenoxy) is 2. The van der Waals surface area contributed by atoms with Crippen molar-refractivity contribution in [2.24, 2.45) is 5.92 Å². The minimum atomic E-state index is -4.62. The van der Waals surface area contributed by atoms with Gasteiger partial charge < -0.3 is 19.1 Å². The van der Waals surface area contributed by atoms with Gasteiger partial charge in [-0.2, -0.15) is 4.39 Å². The number of nitrogens with one attached hydrogen (secondary N) is 1. The molecule has 1 fully saturated rings. The molecule has 1 aromatic carbocycles. The third kappa shape index (κ3) is 7.31. The predicted octanol–water partition coefficient (Wildman–Crippen LogP) is 2.99. The summed E-state index contributed by atoms with van der Waals surface area (Å²) >= 11 is 12.0. The monoisotopic (exact) mass is 608 g/mol. The Morgan fingerprint density at radius 3 is 2.64 bits per heavy atom. The maximum Gasteiger partial charge on any atom is 0.380 e. The van der Waals surface area contributed by atoms with Gasteiger partial charge in [0, 0.05) is 5.38 Å². The Morgan fingerprint density at radius 2 is 2.03 bits per heavy atom. The van der Waals surface area contributed by atoms with Crippen LogP contribution in [0.5, 0.6) is 5.75 Å². The van der Waals surface area contributed by atoms with Crippen LogP contribution in [0.25, 0.3) is 0 Å². The molecule has 1 unspecified atom stereocenters. The highest BCUT2D eigenvalue weighted by atomic mass is 35.5. The number of H-pyrrole nitrogens is 1. The number of benzene rings is 1. The summed E-state index contributed by atoms with van der Waals surface area (Å²) in [5, 5.41) is 13.0. The lowest BCUT2D eigenvalue weighted by Crippen LogP contribution is -2.44. The summed E-state index contributed by atoms with van der Waals surface area (Å²) in [6, 6.07) is 7.57. The van der Waals surface area contributed by atoms with Gasteiger partial charge in [-0.1, -0.05) is 42.6 Å². The van der Waals surface area contributed by atoms with E-state index in [0.29, 0.717) is 10.8 Å². The van der Waals surface area contributed by atoms with Crippen molar-refractivity contribution in [1.29, 1.82) is 0 Å². The van der Waals surface area contributed by atoms with E-state index in [0.717, 1.165) is 0 Å². The SMILES string of the molecule is [2H]C([2H])(O[P@@](=O)(C[C@@H](C)C(=O)OC(C)C)Oc1ccccc1)[C@H]1O[C@@H](n2cc(F)c(=O)[nH]c2=O)C(Cl)(C#CCl)[C@H]1O. The van der Waals surface area contributed by atoms with E-state index in [1.165, 1.54) is 19.1 Å². The Balaban J connectivity index is 2.01. The number of nitrogens with zero attached hydrogens (tertiary/aromatic N) is 1. The fraction of sp³-hybridized carbons (Fsp3) is 0.458. The average molecular weight is 609 g/mol. The summed E-state index contributed by atoms with van der Waals surface area (Å²) in [5.74, 6) is -1.07. The van der Waals surface area contributed by atoms with Crippen LogP contribution in [-0.2, 0) is 23.4 Å². The zero-order chi connectivity index (χ0) is 30.8. The number of carbonyl (C=O) groups is 1. The molecular weight excluding hydrogens is 581 g/mol. The molecule has 1 saturated heterocycles. The highest BCUT2D eigenvalue weighted by molar-refractivity contribution is 7.54. The van der Waals surface area contributed by atoms with Crippen molar-refractivity contribution in [1.82, 2.24) is 9.55 Å². The number of aliphatic hydroxyl groups is 1. The number of esters is 1.